The summed E-state index contributed by atoms with van der Waals surface area (Å²) in [7, 11) is 0. The number of aromatic nitrogens is 1. The summed E-state index contributed by atoms with van der Waals surface area (Å²) in [6.07, 6.45) is 0.854. The molecule has 2 rings (SSSR count). The van der Waals surface area contributed by atoms with Crippen LogP contribution in [0.15, 0.2) is 30.3 Å². The van der Waals surface area contributed by atoms with Gasteiger partial charge in [-0.25, -0.2) is 4.79 Å². The molecule has 0 aliphatic rings. The Kier molecular flexibility index (Phi) is 3.71. The molecule has 4 heteroatoms. The number of nitrogens with two attached hydrogens (primary N) is 1. The predicted octanol–water partition coefficient (Wildman–Crippen LogP) is 2.29. The third-order valence-electron chi connectivity index (χ3n) is 3.32. The van der Waals surface area contributed by atoms with Crippen LogP contribution < -0.4 is 5.73 Å². The van der Waals surface area contributed by atoms with Gasteiger partial charge < -0.3 is 15.4 Å². The van der Waals surface area contributed by atoms with Crippen LogP contribution in [0.4, 0.5) is 0 Å². The molecule has 3 N–H and O–H groups in total. The number of carboxylic acids is 1. The Balaban J connectivity index is 2.44. The first-order chi connectivity index (χ1) is 9.04. The van der Waals surface area contributed by atoms with Crippen molar-refractivity contribution in [2.75, 3.05) is 6.54 Å². The maximum atomic E-state index is 10.9. The summed E-state index contributed by atoms with van der Waals surface area (Å²) in [4.78, 5) is 10.9. The summed E-state index contributed by atoms with van der Waals surface area (Å²) in [5, 5.41) is 8.91. The second kappa shape index (κ2) is 5.28. The molecule has 1 aromatic heterocycles. The highest BCUT2D eigenvalue weighted by Crippen LogP contribution is 2.21. The molecule has 0 spiro atoms. The van der Waals surface area contributed by atoms with E-state index < -0.39 is 5.97 Å². The second-order valence-corrected chi connectivity index (χ2v) is 4.62. The lowest BCUT2D eigenvalue weighted by Gasteiger charge is -2.10. The number of carboxylic acid groups (broad SMARTS) is 1. The highest BCUT2D eigenvalue weighted by atomic mass is 16.4. The molecule has 0 unspecified atom stereocenters. The van der Waals surface area contributed by atoms with Crippen molar-refractivity contribution < 1.29 is 9.90 Å². The first kappa shape index (κ1) is 13.4. The lowest BCUT2D eigenvalue weighted by molar-refractivity contribution is 0.0697. The number of hydrogen-bond donors (Lipinski definition) is 2. The van der Waals surface area contributed by atoms with Crippen LogP contribution >= 0.6 is 0 Å². The molecule has 1 heterocycles. The third-order valence-corrected chi connectivity index (χ3v) is 3.32. The van der Waals surface area contributed by atoms with Gasteiger partial charge in [0.15, 0.2) is 0 Å². The molecule has 0 amide bonds. The molecular formula is C15H18N2O2. The molecule has 0 atom stereocenters. The van der Waals surface area contributed by atoms with Crippen molar-refractivity contribution in [3.05, 3.63) is 52.8 Å². The van der Waals surface area contributed by atoms with Crippen LogP contribution in [0.5, 0.6) is 0 Å². The molecule has 19 heavy (non-hydrogen) atoms. The van der Waals surface area contributed by atoms with E-state index in [0.717, 1.165) is 23.5 Å². The number of carbonyl (C=O) groups is 1. The molecule has 1 aromatic carbocycles. The summed E-state index contributed by atoms with van der Waals surface area (Å²) in [5.74, 6) is -0.906. The summed E-state index contributed by atoms with van der Waals surface area (Å²) in [6, 6.07) is 9.04. The van der Waals surface area contributed by atoms with Crippen LogP contribution in [-0.2, 0) is 6.42 Å². The van der Waals surface area contributed by atoms with Crippen LogP contribution in [0.1, 0.15) is 27.3 Å². The largest absolute Gasteiger partial charge is 0.478 e. The summed E-state index contributed by atoms with van der Waals surface area (Å²) < 4.78 is 2.12. The zero-order valence-corrected chi connectivity index (χ0v) is 11.2. The van der Waals surface area contributed by atoms with Gasteiger partial charge in [-0.3, -0.25) is 0 Å². The van der Waals surface area contributed by atoms with Gasteiger partial charge in [0.1, 0.15) is 0 Å². The molecule has 4 nitrogen and oxygen atoms in total. The number of aromatic carboxylic acids is 1. The molecule has 0 saturated carbocycles. The van der Waals surface area contributed by atoms with E-state index >= 15 is 0 Å². The molecule has 2 aromatic rings. The monoisotopic (exact) mass is 258 g/mol. The first-order valence-electron chi connectivity index (χ1n) is 6.26. The first-order valence-corrected chi connectivity index (χ1v) is 6.26. The minimum atomic E-state index is -0.906. The fourth-order valence-corrected chi connectivity index (χ4v) is 2.39. The van der Waals surface area contributed by atoms with Gasteiger partial charge in [-0.05, 0) is 62.7 Å². The van der Waals surface area contributed by atoms with Crippen molar-refractivity contribution in [2.24, 2.45) is 5.73 Å². The van der Waals surface area contributed by atoms with Gasteiger partial charge in [0, 0.05) is 17.1 Å². The number of nitrogens with zero attached hydrogens (tertiary/aromatic N) is 1. The van der Waals surface area contributed by atoms with Crippen LogP contribution in [0.25, 0.3) is 5.69 Å². The minimum Gasteiger partial charge on any atom is -0.478 e. The van der Waals surface area contributed by atoms with Crippen molar-refractivity contribution in [3.8, 4) is 5.69 Å². The second-order valence-electron chi connectivity index (χ2n) is 4.62. The van der Waals surface area contributed by atoms with E-state index in [1.807, 2.05) is 19.1 Å². The molecular weight excluding hydrogens is 240 g/mol. The van der Waals surface area contributed by atoms with Gasteiger partial charge in [-0.1, -0.05) is 0 Å². The van der Waals surface area contributed by atoms with Crippen molar-refractivity contribution in [1.82, 2.24) is 4.57 Å². The Bertz CT molecular complexity index is 597. The van der Waals surface area contributed by atoms with Crippen LogP contribution in [0.2, 0.25) is 0 Å². The van der Waals surface area contributed by atoms with Gasteiger partial charge in [-0.15, -0.1) is 0 Å². The number of rotatable bonds is 4. The molecule has 0 radical (unpaired) electrons. The number of hydrogen-bond acceptors (Lipinski definition) is 2. The summed E-state index contributed by atoms with van der Waals surface area (Å²) in [5.41, 5.74) is 10.4. The standard InChI is InChI=1S/C15H18N2O2/c1-10-9-13(7-8-16)11(2)17(10)14-5-3-12(4-6-14)15(18)19/h3-6,9H,7-8,16H2,1-2H3,(H,18,19). The van der Waals surface area contributed by atoms with Gasteiger partial charge in [-0.2, -0.15) is 0 Å². The lowest BCUT2D eigenvalue weighted by atomic mass is 10.2. The number of aryl methyl sites for hydroxylation is 1. The SMILES string of the molecule is Cc1cc(CCN)c(C)n1-c1ccc(C(=O)O)cc1. The van der Waals surface area contributed by atoms with E-state index in [4.69, 9.17) is 10.8 Å². The molecule has 0 bridgehead atoms. The molecule has 0 aliphatic heterocycles. The van der Waals surface area contributed by atoms with Gasteiger partial charge >= 0.3 is 5.97 Å². The van der Waals surface area contributed by atoms with Crippen molar-refractivity contribution >= 4 is 5.97 Å². The quantitative estimate of drug-likeness (QED) is 0.884. The maximum Gasteiger partial charge on any atom is 0.335 e. The normalized spacial score (nSPS) is 10.7. The third kappa shape index (κ3) is 2.53. The highest BCUT2D eigenvalue weighted by molar-refractivity contribution is 5.87. The average molecular weight is 258 g/mol. The fourth-order valence-electron chi connectivity index (χ4n) is 2.39. The van der Waals surface area contributed by atoms with Crippen molar-refractivity contribution in [1.29, 1.82) is 0 Å². The van der Waals surface area contributed by atoms with E-state index in [9.17, 15) is 4.79 Å². The van der Waals surface area contributed by atoms with Crippen LogP contribution in [-0.4, -0.2) is 22.2 Å². The number of benzene rings is 1. The molecule has 0 aliphatic carbocycles. The predicted molar refractivity (Wildman–Crippen MR) is 75.0 cm³/mol. The van der Waals surface area contributed by atoms with Gasteiger partial charge in [0.05, 0.1) is 5.56 Å². The zero-order chi connectivity index (χ0) is 14.0. The van der Waals surface area contributed by atoms with Crippen molar-refractivity contribution in [3.63, 3.8) is 0 Å². The molecule has 0 fully saturated rings. The van der Waals surface area contributed by atoms with E-state index in [1.165, 1.54) is 5.56 Å². The van der Waals surface area contributed by atoms with E-state index in [1.54, 1.807) is 12.1 Å². The van der Waals surface area contributed by atoms with Crippen LogP contribution in [0, 0.1) is 13.8 Å². The molecule has 100 valence electrons. The Morgan fingerprint density at radius 1 is 1.26 bits per heavy atom. The summed E-state index contributed by atoms with van der Waals surface area (Å²) >= 11 is 0. The van der Waals surface area contributed by atoms with Gasteiger partial charge in [0.2, 0.25) is 0 Å². The van der Waals surface area contributed by atoms with E-state index in [-0.39, 0.29) is 0 Å². The van der Waals surface area contributed by atoms with E-state index in [2.05, 4.69) is 17.6 Å². The Morgan fingerprint density at radius 3 is 2.42 bits per heavy atom. The minimum absolute atomic E-state index is 0.299. The smallest absolute Gasteiger partial charge is 0.335 e. The molecule has 0 saturated heterocycles. The lowest BCUT2D eigenvalue weighted by Crippen LogP contribution is -2.05. The highest BCUT2D eigenvalue weighted by Gasteiger charge is 2.10. The van der Waals surface area contributed by atoms with Crippen molar-refractivity contribution in [2.45, 2.75) is 20.3 Å². The summed E-state index contributed by atoms with van der Waals surface area (Å²) in [6.45, 7) is 4.73. The Labute approximate surface area is 112 Å². The zero-order valence-electron chi connectivity index (χ0n) is 11.2. The Hall–Kier alpha value is -2.07. The maximum absolute atomic E-state index is 10.9. The average Bonchev–Trinajstić information content (AvgIpc) is 2.65. The van der Waals surface area contributed by atoms with Gasteiger partial charge in [0.25, 0.3) is 0 Å². The Morgan fingerprint density at radius 2 is 1.89 bits per heavy atom. The van der Waals surface area contributed by atoms with Crippen LogP contribution in [0.3, 0.4) is 0 Å². The van der Waals surface area contributed by atoms with E-state index in [0.29, 0.717) is 12.1 Å². The fraction of sp³-hybridized carbons (Fsp3) is 0.267. The topological polar surface area (TPSA) is 68.2 Å².